The molecule has 44 heavy (non-hydrogen) atoms. The lowest BCUT2D eigenvalue weighted by atomic mass is 9.69. The van der Waals surface area contributed by atoms with E-state index in [1.54, 1.807) is 19.1 Å². The average Bonchev–Trinajstić information content (AvgIpc) is 3.72. The lowest BCUT2D eigenvalue weighted by molar-refractivity contribution is -0.132. The summed E-state index contributed by atoms with van der Waals surface area (Å²) in [5.41, 5.74) is 5.24. The van der Waals surface area contributed by atoms with Crippen molar-refractivity contribution < 1.29 is 14.0 Å². The van der Waals surface area contributed by atoms with Crippen LogP contribution in [-0.4, -0.2) is 28.7 Å². The van der Waals surface area contributed by atoms with E-state index < -0.39 is 11.9 Å². The number of rotatable bonds is 6. The number of hydrogen-bond acceptors (Lipinski definition) is 3. The van der Waals surface area contributed by atoms with Crippen LogP contribution in [0, 0.1) is 30.5 Å². The highest BCUT2D eigenvalue weighted by molar-refractivity contribution is 6.30. The summed E-state index contributed by atoms with van der Waals surface area (Å²) in [4.78, 5) is 31.2. The van der Waals surface area contributed by atoms with Crippen molar-refractivity contribution in [1.82, 2.24) is 4.90 Å². The van der Waals surface area contributed by atoms with E-state index in [1.165, 1.54) is 42.9 Å². The first-order valence-corrected chi connectivity index (χ1v) is 17.0. The summed E-state index contributed by atoms with van der Waals surface area (Å²) in [6.45, 7) is 1.80. The predicted octanol–water partition coefficient (Wildman–Crippen LogP) is 8.89. The largest absolute Gasteiger partial charge is 0.382 e. The second-order valence-electron chi connectivity index (χ2n) is 13.7. The Hall–Kier alpha value is -3.18. The minimum Gasteiger partial charge on any atom is -0.382 e. The second-order valence-corrected chi connectivity index (χ2v) is 14.1. The van der Waals surface area contributed by atoms with Gasteiger partial charge in [0.05, 0.1) is 11.6 Å². The highest BCUT2D eigenvalue weighted by Crippen LogP contribution is 2.50. The molecule has 0 radical (unpaired) electrons. The molecule has 3 aromatic carbocycles. The van der Waals surface area contributed by atoms with Crippen molar-refractivity contribution in [3.05, 3.63) is 99.3 Å². The maximum atomic E-state index is 15.4. The molecule has 3 aliphatic carbocycles. The standard InChI is InChI=1S/C38H42ClFN2O2/c1-23-6-4-10-33(40)35(23)38(44)42-34-11-5-7-27(34)22-32(37(43)28-13-12-26-21-29(39)17-14-25(26)20-28)36(42)24-15-18-31(19-16-24)41-30-8-2-3-9-30/h4,6,10,14-19,21,27-28,30,32,34,36,41H,2-3,5,7-9,11-13,20,22H2,1H3/t27-,28?,32+,34-,36+/m1/s1. The molecule has 5 atom stereocenters. The van der Waals surface area contributed by atoms with Crippen molar-refractivity contribution in [2.24, 2.45) is 17.8 Å². The van der Waals surface area contributed by atoms with E-state index in [4.69, 9.17) is 11.6 Å². The Labute approximate surface area is 265 Å². The van der Waals surface area contributed by atoms with Gasteiger partial charge in [-0.3, -0.25) is 9.59 Å². The highest BCUT2D eigenvalue weighted by Gasteiger charge is 2.51. The third-order valence-corrected chi connectivity index (χ3v) is 11.3. The first kappa shape index (κ1) is 29.5. The van der Waals surface area contributed by atoms with E-state index in [0.717, 1.165) is 54.8 Å². The van der Waals surface area contributed by atoms with Gasteiger partial charge in [-0.25, -0.2) is 4.39 Å². The molecule has 230 valence electrons. The maximum Gasteiger partial charge on any atom is 0.257 e. The molecule has 6 heteroatoms. The number of anilines is 1. The number of fused-ring (bicyclic) bond motifs is 2. The van der Waals surface area contributed by atoms with E-state index in [1.807, 2.05) is 17.0 Å². The van der Waals surface area contributed by atoms with Gasteiger partial charge in [0.25, 0.3) is 5.91 Å². The van der Waals surface area contributed by atoms with Crippen LogP contribution in [0.2, 0.25) is 5.02 Å². The van der Waals surface area contributed by atoms with Crippen molar-refractivity contribution in [2.75, 3.05) is 5.32 Å². The SMILES string of the molecule is Cc1cccc(F)c1C(=O)N1[C@@H]2CCC[C@@H]2C[C@H](C(=O)C2CCc3cc(Cl)ccc3C2)[C@@H]1c1ccc(NC2CCCC2)cc1. The van der Waals surface area contributed by atoms with Gasteiger partial charge in [0.15, 0.2) is 0 Å². The zero-order chi connectivity index (χ0) is 30.4. The monoisotopic (exact) mass is 612 g/mol. The van der Waals surface area contributed by atoms with Gasteiger partial charge in [-0.1, -0.05) is 61.2 Å². The summed E-state index contributed by atoms with van der Waals surface area (Å²) in [6.07, 6.45) is 10.9. The highest BCUT2D eigenvalue weighted by atomic mass is 35.5. The number of hydrogen-bond donors (Lipinski definition) is 1. The number of amides is 1. The summed E-state index contributed by atoms with van der Waals surface area (Å²) in [7, 11) is 0. The number of piperidine rings is 1. The molecule has 4 aliphatic rings. The van der Waals surface area contributed by atoms with Crippen LogP contribution in [0.25, 0.3) is 0 Å². The summed E-state index contributed by atoms with van der Waals surface area (Å²) in [5.74, 6) is -0.721. The minimum absolute atomic E-state index is 0.000991. The van der Waals surface area contributed by atoms with Crippen molar-refractivity contribution in [1.29, 1.82) is 0 Å². The molecule has 1 aliphatic heterocycles. The fourth-order valence-electron chi connectivity index (χ4n) is 8.84. The topological polar surface area (TPSA) is 49.4 Å². The number of Topliss-reactive ketones (excluding diaryl/α,β-unsaturated/α-hetero) is 1. The van der Waals surface area contributed by atoms with Crippen LogP contribution >= 0.6 is 11.6 Å². The second kappa shape index (κ2) is 12.3. The lowest BCUT2D eigenvalue weighted by Gasteiger charge is -2.49. The Kier molecular flexibility index (Phi) is 8.26. The molecular formula is C38H42ClFN2O2. The van der Waals surface area contributed by atoms with Gasteiger partial charge >= 0.3 is 0 Å². The molecule has 3 fully saturated rings. The third-order valence-electron chi connectivity index (χ3n) is 11.0. The Balaban J connectivity index is 1.27. The Morgan fingerprint density at radius 3 is 2.48 bits per heavy atom. The Morgan fingerprint density at radius 1 is 0.909 bits per heavy atom. The molecule has 4 nitrogen and oxygen atoms in total. The number of aryl methyl sites for hydroxylation is 2. The van der Waals surface area contributed by atoms with Gasteiger partial charge in [0.1, 0.15) is 11.6 Å². The number of nitrogens with zero attached hydrogens (tertiary/aromatic N) is 1. The maximum absolute atomic E-state index is 15.4. The van der Waals surface area contributed by atoms with Gasteiger partial charge < -0.3 is 10.2 Å². The lowest BCUT2D eigenvalue weighted by Crippen LogP contribution is -2.54. The molecule has 3 aromatic rings. The molecule has 0 bridgehead atoms. The number of nitrogens with one attached hydrogen (secondary N) is 1. The molecule has 0 aromatic heterocycles. The summed E-state index contributed by atoms with van der Waals surface area (Å²) in [6, 6.07) is 19.3. The van der Waals surface area contributed by atoms with E-state index in [0.29, 0.717) is 18.0 Å². The van der Waals surface area contributed by atoms with E-state index >= 15 is 4.39 Å². The van der Waals surface area contributed by atoms with Crippen molar-refractivity contribution in [3.63, 3.8) is 0 Å². The molecule has 1 unspecified atom stereocenters. The average molecular weight is 613 g/mol. The molecular weight excluding hydrogens is 571 g/mol. The van der Waals surface area contributed by atoms with Gasteiger partial charge in [-0.15, -0.1) is 0 Å². The van der Waals surface area contributed by atoms with Crippen LogP contribution in [0.4, 0.5) is 10.1 Å². The summed E-state index contributed by atoms with van der Waals surface area (Å²) < 4.78 is 15.4. The minimum atomic E-state index is -0.490. The third kappa shape index (κ3) is 5.57. The van der Waals surface area contributed by atoms with Crippen molar-refractivity contribution in [2.45, 2.75) is 95.7 Å². The number of carbonyl (C=O) groups is 2. The quantitative estimate of drug-likeness (QED) is 0.302. The van der Waals surface area contributed by atoms with Crippen LogP contribution in [-0.2, 0) is 17.6 Å². The molecule has 1 amide bonds. The van der Waals surface area contributed by atoms with Crippen LogP contribution in [0.1, 0.15) is 96.4 Å². The molecule has 1 saturated heterocycles. The van der Waals surface area contributed by atoms with Gasteiger partial charge in [-0.05, 0) is 117 Å². The number of likely N-dealkylation sites (tertiary alicyclic amines) is 1. The Morgan fingerprint density at radius 2 is 1.70 bits per heavy atom. The zero-order valence-electron chi connectivity index (χ0n) is 25.5. The number of benzene rings is 3. The smallest absolute Gasteiger partial charge is 0.257 e. The Bertz CT molecular complexity index is 1530. The summed E-state index contributed by atoms with van der Waals surface area (Å²) >= 11 is 6.28. The van der Waals surface area contributed by atoms with Crippen molar-refractivity contribution in [3.8, 4) is 0 Å². The van der Waals surface area contributed by atoms with E-state index in [-0.39, 0.29) is 41.0 Å². The summed E-state index contributed by atoms with van der Waals surface area (Å²) in [5, 5.41) is 4.41. The molecule has 0 spiro atoms. The molecule has 2 saturated carbocycles. The van der Waals surface area contributed by atoms with Crippen LogP contribution < -0.4 is 5.32 Å². The van der Waals surface area contributed by atoms with Gasteiger partial charge in [0, 0.05) is 34.6 Å². The molecule has 7 rings (SSSR count). The number of ketones is 1. The number of carbonyl (C=O) groups excluding carboxylic acids is 2. The van der Waals surface area contributed by atoms with Gasteiger partial charge in [-0.2, -0.15) is 0 Å². The van der Waals surface area contributed by atoms with E-state index in [2.05, 4.69) is 35.6 Å². The number of halogens is 2. The van der Waals surface area contributed by atoms with Gasteiger partial charge in [0.2, 0.25) is 0 Å². The molecule has 1 heterocycles. The molecule has 1 N–H and O–H groups in total. The first-order chi connectivity index (χ1) is 21.4. The zero-order valence-corrected chi connectivity index (χ0v) is 26.3. The first-order valence-electron chi connectivity index (χ1n) is 16.6. The van der Waals surface area contributed by atoms with Crippen molar-refractivity contribution >= 4 is 29.0 Å². The normalized spacial score (nSPS) is 26.7. The van der Waals surface area contributed by atoms with E-state index in [9.17, 15) is 9.59 Å². The predicted molar refractivity (Wildman–Crippen MR) is 174 cm³/mol. The fourth-order valence-corrected chi connectivity index (χ4v) is 9.03. The van der Waals surface area contributed by atoms with Crippen LogP contribution in [0.15, 0.2) is 60.7 Å². The van der Waals surface area contributed by atoms with Crippen LogP contribution in [0.5, 0.6) is 0 Å². The fraction of sp³-hybridized carbons (Fsp3) is 0.474. The van der Waals surface area contributed by atoms with Crippen LogP contribution in [0.3, 0.4) is 0 Å².